The Bertz CT molecular complexity index is 1180. The maximum atomic E-state index is 13.7. The van der Waals surface area contributed by atoms with E-state index in [0.717, 1.165) is 42.3 Å². The molecule has 0 bridgehead atoms. The van der Waals surface area contributed by atoms with Crippen molar-refractivity contribution in [3.63, 3.8) is 0 Å². The first-order chi connectivity index (χ1) is 17.7. The van der Waals surface area contributed by atoms with E-state index in [2.05, 4.69) is 0 Å². The van der Waals surface area contributed by atoms with Crippen LogP contribution in [0.25, 0.3) is 0 Å². The Morgan fingerprint density at radius 2 is 1.66 bits per heavy atom. The molecule has 0 unspecified atom stereocenters. The van der Waals surface area contributed by atoms with Gasteiger partial charge in [0.2, 0.25) is 0 Å². The number of hydrogen-bond donors (Lipinski definition) is 0. The van der Waals surface area contributed by atoms with E-state index in [9.17, 15) is 35.9 Å². The summed E-state index contributed by atoms with van der Waals surface area (Å²) in [6, 6.07) is 4.54. The molecule has 2 aromatic carbocycles. The van der Waals surface area contributed by atoms with Crippen LogP contribution in [0.1, 0.15) is 60.5 Å². The maximum Gasteiger partial charge on any atom is 0.416 e. The van der Waals surface area contributed by atoms with Crippen LogP contribution in [0.3, 0.4) is 0 Å². The van der Waals surface area contributed by atoms with E-state index in [-0.39, 0.29) is 36.4 Å². The van der Waals surface area contributed by atoms with Gasteiger partial charge in [-0.3, -0.25) is 9.80 Å². The lowest BCUT2D eigenvalue weighted by Gasteiger charge is -2.43. The minimum atomic E-state index is -4.72. The van der Waals surface area contributed by atoms with Gasteiger partial charge in [0.25, 0.3) is 0 Å². The summed E-state index contributed by atoms with van der Waals surface area (Å²) < 4.78 is 91.3. The van der Waals surface area contributed by atoms with Gasteiger partial charge in [-0.2, -0.15) is 26.3 Å². The number of carbonyl (C=O) groups excluding carboxylic acids is 2. The third kappa shape index (κ3) is 6.16. The molecule has 1 aliphatic heterocycles. The van der Waals surface area contributed by atoms with Gasteiger partial charge in [-0.05, 0) is 68.1 Å². The Hall–Kier alpha value is -3.44. The van der Waals surface area contributed by atoms with Gasteiger partial charge in [0.1, 0.15) is 0 Å². The lowest BCUT2D eigenvalue weighted by atomic mass is 9.87. The first kappa shape index (κ1) is 29.1. The monoisotopic (exact) mass is 546 g/mol. The number of aryl methyl sites for hydroxylation is 1. The molecule has 12 heteroatoms. The number of anilines is 1. The molecule has 1 heterocycles. The minimum absolute atomic E-state index is 0.00618. The van der Waals surface area contributed by atoms with Gasteiger partial charge in [-0.15, -0.1) is 0 Å². The smallest absolute Gasteiger partial charge is 0.416 e. The van der Waals surface area contributed by atoms with Gasteiger partial charge in [0.15, 0.2) is 0 Å². The number of halogens is 6. The van der Waals surface area contributed by atoms with Crippen LogP contribution in [0.15, 0.2) is 36.4 Å². The van der Waals surface area contributed by atoms with Gasteiger partial charge >= 0.3 is 24.5 Å². The molecule has 6 nitrogen and oxygen atoms in total. The molecule has 2 amide bonds. The SMILES string of the molecule is CCOC(=O)N1c2ccc(C(F)(F)F)cc2[C@@H](N(Cc2cc(C)cc(C(F)(F)F)c2)C(=O)OC)C[C@H]1CC. The zero-order valence-corrected chi connectivity index (χ0v) is 21.2. The molecule has 208 valence electrons. The largest absolute Gasteiger partial charge is 0.453 e. The topological polar surface area (TPSA) is 59.1 Å². The Morgan fingerprint density at radius 3 is 2.21 bits per heavy atom. The molecule has 0 aliphatic carbocycles. The Balaban J connectivity index is 2.18. The van der Waals surface area contributed by atoms with E-state index in [1.54, 1.807) is 13.8 Å². The number of fused-ring (bicyclic) bond motifs is 1. The van der Waals surface area contributed by atoms with Crippen LogP contribution in [0.2, 0.25) is 0 Å². The highest BCUT2D eigenvalue weighted by molar-refractivity contribution is 5.90. The number of methoxy groups -OCH3 is 1. The minimum Gasteiger partial charge on any atom is -0.453 e. The molecule has 0 saturated carbocycles. The van der Waals surface area contributed by atoms with Gasteiger partial charge in [0, 0.05) is 12.6 Å². The summed E-state index contributed by atoms with van der Waals surface area (Å²) in [6.07, 6.45) is -10.7. The zero-order valence-electron chi connectivity index (χ0n) is 21.2. The second-order valence-corrected chi connectivity index (χ2v) is 8.96. The summed E-state index contributed by atoms with van der Waals surface area (Å²) in [6.45, 7) is 4.50. The van der Waals surface area contributed by atoms with Crippen molar-refractivity contribution in [2.75, 3.05) is 18.6 Å². The molecule has 0 spiro atoms. The van der Waals surface area contributed by atoms with Crippen molar-refractivity contribution >= 4 is 17.9 Å². The molecule has 0 saturated heterocycles. The van der Waals surface area contributed by atoms with Gasteiger partial charge < -0.3 is 9.47 Å². The molecule has 2 aromatic rings. The molecule has 3 rings (SSSR count). The Kier molecular flexibility index (Phi) is 8.52. The fraction of sp³-hybridized carbons (Fsp3) is 0.462. The normalized spacial score (nSPS) is 17.6. The fourth-order valence-electron chi connectivity index (χ4n) is 4.72. The highest BCUT2D eigenvalue weighted by atomic mass is 19.4. The Morgan fingerprint density at radius 1 is 1.00 bits per heavy atom. The summed E-state index contributed by atoms with van der Waals surface area (Å²) in [7, 11) is 1.07. The van der Waals surface area contributed by atoms with Crippen molar-refractivity contribution in [2.24, 2.45) is 0 Å². The number of ether oxygens (including phenoxy) is 2. The number of rotatable bonds is 5. The van der Waals surface area contributed by atoms with Gasteiger partial charge in [0.05, 0.1) is 36.6 Å². The molecule has 0 radical (unpaired) electrons. The second kappa shape index (κ2) is 11.1. The number of carbonyl (C=O) groups is 2. The summed E-state index contributed by atoms with van der Waals surface area (Å²) in [5, 5.41) is 0. The molecule has 0 aromatic heterocycles. The predicted molar refractivity (Wildman–Crippen MR) is 127 cm³/mol. The van der Waals surface area contributed by atoms with Crippen LogP contribution < -0.4 is 4.90 Å². The number of alkyl halides is 6. The first-order valence-corrected chi connectivity index (χ1v) is 11.9. The van der Waals surface area contributed by atoms with E-state index in [4.69, 9.17) is 9.47 Å². The highest BCUT2D eigenvalue weighted by Crippen LogP contribution is 2.45. The van der Waals surface area contributed by atoms with E-state index < -0.39 is 47.7 Å². The molecule has 2 atom stereocenters. The molecule has 38 heavy (non-hydrogen) atoms. The van der Waals surface area contributed by atoms with E-state index in [1.165, 1.54) is 17.9 Å². The van der Waals surface area contributed by atoms with Crippen LogP contribution >= 0.6 is 0 Å². The summed E-state index contributed by atoms with van der Waals surface area (Å²) in [5.74, 6) is 0. The fourth-order valence-corrected chi connectivity index (χ4v) is 4.72. The molecular weight excluding hydrogens is 518 g/mol. The lowest BCUT2D eigenvalue weighted by Crippen LogP contribution is -2.48. The average molecular weight is 547 g/mol. The van der Waals surface area contributed by atoms with Crippen molar-refractivity contribution in [1.82, 2.24) is 4.90 Å². The Labute approximate surface area is 216 Å². The number of hydrogen-bond acceptors (Lipinski definition) is 4. The van der Waals surface area contributed by atoms with E-state index in [1.807, 2.05) is 0 Å². The van der Waals surface area contributed by atoms with Crippen LogP contribution in [0, 0.1) is 6.92 Å². The van der Waals surface area contributed by atoms with Crippen molar-refractivity contribution in [3.8, 4) is 0 Å². The predicted octanol–water partition coefficient (Wildman–Crippen LogP) is 7.49. The summed E-state index contributed by atoms with van der Waals surface area (Å²) >= 11 is 0. The standard InChI is InChI=1S/C26H28F6N2O4/c1-5-19-13-22(20-12-17(25(27,28)29)7-8-21(20)34(19)24(36)38-6-2)33(23(35)37-4)14-16-9-15(3)10-18(11-16)26(30,31)32/h7-12,19,22H,5-6,13-14H2,1-4H3/t19-,22+/m1/s1. The molecular formula is C26H28F6N2O4. The lowest BCUT2D eigenvalue weighted by molar-refractivity contribution is -0.138. The van der Waals surface area contributed by atoms with Crippen LogP contribution in [0.5, 0.6) is 0 Å². The summed E-state index contributed by atoms with van der Waals surface area (Å²) in [5.41, 5.74) is -1.37. The van der Waals surface area contributed by atoms with Gasteiger partial charge in [-0.25, -0.2) is 9.59 Å². The van der Waals surface area contributed by atoms with Gasteiger partial charge in [-0.1, -0.05) is 18.6 Å². The zero-order chi connectivity index (χ0) is 28.4. The van der Waals surface area contributed by atoms with Crippen LogP contribution in [-0.4, -0.2) is 36.8 Å². The van der Waals surface area contributed by atoms with Crippen molar-refractivity contribution in [2.45, 2.75) is 64.6 Å². The molecule has 0 N–H and O–H groups in total. The summed E-state index contributed by atoms with van der Waals surface area (Å²) in [4.78, 5) is 28.1. The van der Waals surface area contributed by atoms with Crippen LogP contribution in [0.4, 0.5) is 41.6 Å². The van der Waals surface area contributed by atoms with E-state index >= 15 is 0 Å². The number of benzene rings is 2. The number of nitrogens with zero attached hydrogens (tertiary/aromatic N) is 2. The highest BCUT2D eigenvalue weighted by Gasteiger charge is 2.42. The maximum absolute atomic E-state index is 13.7. The molecule has 0 fully saturated rings. The first-order valence-electron chi connectivity index (χ1n) is 11.9. The van der Waals surface area contributed by atoms with E-state index in [0.29, 0.717) is 12.0 Å². The molecule has 1 aliphatic rings. The average Bonchev–Trinajstić information content (AvgIpc) is 2.84. The third-order valence-electron chi connectivity index (χ3n) is 6.37. The van der Waals surface area contributed by atoms with Crippen molar-refractivity contribution in [3.05, 3.63) is 64.2 Å². The van der Waals surface area contributed by atoms with Crippen molar-refractivity contribution < 1.29 is 45.4 Å². The third-order valence-corrected chi connectivity index (χ3v) is 6.37. The quantitative estimate of drug-likeness (QED) is 0.365. The van der Waals surface area contributed by atoms with Crippen LogP contribution in [-0.2, 0) is 28.4 Å². The van der Waals surface area contributed by atoms with Crippen molar-refractivity contribution in [1.29, 1.82) is 0 Å². The number of amides is 2. The second-order valence-electron chi connectivity index (χ2n) is 8.96.